The summed E-state index contributed by atoms with van der Waals surface area (Å²) in [7, 11) is 0. The number of nitrogens with zero attached hydrogens (tertiary/aromatic N) is 2. The Morgan fingerprint density at radius 2 is 2.00 bits per heavy atom. The molecule has 0 atom stereocenters. The van der Waals surface area contributed by atoms with Crippen molar-refractivity contribution in [3.63, 3.8) is 0 Å². The molecule has 19 heavy (non-hydrogen) atoms. The monoisotopic (exact) mass is 260 g/mol. The lowest BCUT2D eigenvalue weighted by atomic mass is 10.3. The predicted octanol–water partition coefficient (Wildman–Crippen LogP) is 0.269. The molecular weight excluding hydrogens is 248 g/mol. The number of carboxylic acids is 1. The zero-order valence-electron chi connectivity index (χ0n) is 9.91. The van der Waals surface area contributed by atoms with Crippen LogP contribution in [0.15, 0.2) is 36.5 Å². The molecule has 1 amide bonds. The summed E-state index contributed by atoms with van der Waals surface area (Å²) in [5, 5.41) is 14.7. The lowest BCUT2D eigenvalue weighted by Crippen LogP contribution is -2.29. The molecule has 4 N–H and O–H groups in total. The number of aliphatic carboxylic acids is 1. The smallest absolute Gasteiger partial charge is 0.322 e. The van der Waals surface area contributed by atoms with Crippen molar-refractivity contribution < 1.29 is 14.7 Å². The molecule has 98 valence electrons. The Labute approximate surface area is 108 Å². The SMILES string of the molecule is Nc1c(C(=O)NCC(=O)O)cnn1-c1ccccc1. The van der Waals surface area contributed by atoms with Crippen LogP contribution in [0.2, 0.25) is 0 Å². The summed E-state index contributed by atoms with van der Waals surface area (Å²) in [5.74, 6) is -1.53. The minimum Gasteiger partial charge on any atom is -0.480 e. The Balaban J connectivity index is 2.24. The number of nitrogens with one attached hydrogen (secondary N) is 1. The molecule has 0 saturated carbocycles. The molecule has 0 bridgehead atoms. The van der Waals surface area contributed by atoms with Gasteiger partial charge in [0.05, 0.1) is 11.9 Å². The van der Waals surface area contributed by atoms with Gasteiger partial charge in [-0.15, -0.1) is 0 Å². The number of aromatic nitrogens is 2. The van der Waals surface area contributed by atoms with Crippen LogP contribution in [-0.4, -0.2) is 33.3 Å². The maximum atomic E-state index is 11.7. The summed E-state index contributed by atoms with van der Waals surface area (Å²) in [6.07, 6.45) is 1.31. The highest BCUT2D eigenvalue weighted by atomic mass is 16.4. The van der Waals surface area contributed by atoms with E-state index in [1.807, 2.05) is 18.2 Å². The number of carboxylic acid groups (broad SMARTS) is 1. The number of benzene rings is 1. The number of carbonyl (C=O) groups is 2. The lowest BCUT2D eigenvalue weighted by Gasteiger charge is -2.05. The van der Waals surface area contributed by atoms with E-state index in [1.54, 1.807) is 12.1 Å². The van der Waals surface area contributed by atoms with Gasteiger partial charge in [-0.25, -0.2) is 4.68 Å². The van der Waals surface area contributed by atoms with Gasteiger partial charge in [-0.1, -0.05) is 18.2 Å². The zero-order chi connectivity index (χ0) is 13.8. The highest BCUT2D eigenvalue weighted by Crippen LogP contribution is 2.16. The average Bonchev–Trinajstić information content (AvgIpc) is 2.79. The van der Waals surface area contributed by atoms with Crippen LogP contribution < -0.4 is 11.1 Å². The van der Waals surface area contributed by atoms with Crippen LogP contribution in [0.4, 0.5) is 5.82 Å². The number of nitrogen functional groups attached to an aromatic ring is 1. The van der Waals surface area contributed by atoms with Crippen LogP contribution in [0.25, 0.3) is 5.69 Å². The molecule has 7 nitrogen and oxygen atoms in total. The largest absolute Gasteiger partial charge is 0.480 e. The average molecular weight is 260 g/mol. The summed E-state index contributed by atoms with van der Waals surface area (Å²) in [6, 6.07) is 9.08. The maximum absolute atomic E-state index is 11.7. The van der Waals surface area contributed by atoms with Gasteiger partial charge in [-0.2, -0.15) is 5.10 Å². The number of nitrogens with two attached hydrogens (primary N) is 1. The number of para-hydroxylation sites is 1. The van der Waals surface area contributed by atoms with Gasteiger partial charge >= 0.3 is 5.97 Å². The molecule has 2 aromatic rings. The predicted molar refractivity (Wildman–Crippen MR) is 67.9 cm³/mol. The highest BCUT2D eigenvalue weighted by Gasteiger charge is 2.16. The molecule has 0 radical (unpaired) electrons. The topological polar surface area (TPSA) is 110 Å². The Kier molecular flexibility index (Phi) is 3.46. The molecular formula is C12H12N4O3. The molecule has 1 aromatic carbocycles. The number of rotatable bonds is 4. The van der Waals surface area contributed by atoms with E-state index in [4.69, 9.17) is 10.8 Å². The zero-order valence-corrected chi connectivity index (χ0v) is 9.91. The van der Waals surface area contributed by atoms with Crippen molar-refractivity contribution in [1.29, 1.82) is 0 Å². The molecule has 0 aliphatic carbocycles. The molecule has 1 heterocycles. The fourth-order valence-corrected chi connectivity index (χ4v) is 1.56. The number of amides is 1. The van der Waals surface area contributed by atoms with E-state index in [9.17, 15) is 9.59 Å². The van der Waals surface area contributed by atoms with E-state index in [0.29, 0.717) is 0 Å². The third-order valence-corrected chi connectivity index (χ3v) is 2.45. The van der Waals surface area contributed by atoms with Crippen molar-refractivity contribution in [2.75, 3.05) is 12.3 Å². The summed E-state index contributed by atoms with van der Waals surface area (Å²) in [6.45, 7) is -0.464. The first kappa shape index (κ1) is 12.6. The van der Waals surface area contributed by atoms with Crippen LogP contribution in [0, 0.1) is 0 Å². The summed E-state index contributed by atoms with van der Waals surface area (Å²) < 4.78 is 1.41. The Morgan fingerprint density at radius 1 is 1.32 bits per heavy atom. The van der Waals surface area contributed by atoms with Crippen LogP contribution >= 0.6 is 0 Å². The van der Waals surface area contributed by atoms with Crippen molar-refractivity contribution in [2.45, 2.75) is 0 Å². The normalized spacial score (nSPS) is 10.1. The summed E-state index contributed by atoms with van der Waals surface area (Å²) >= 11 is 0. The third-order valence-electron chi connectivity index (χ3n) is 2.45. The molecule has 1 aromatic heterocycles. The first-order valence-electron chi connectivity index (χ1n) is 5.48. The molecule has 0 unspecified atom stereocenters. The van der Waals surface area contributed by atoms with Gasteiger partial charge in [0.25, 0.3) is 5.91 Å². The first-order valence-corrected chi connectivity index (χ1v) is 5.48. The van der Waals surface area contributed by atoms with E-state index < -0.39 is 18.4 Å². The van der Waals surface area contributed by atoms with Crippen molar-refractivity contribution in [3.05, 3.63) is 42.1 Å². The summed E-state index contributed by atoms with van der Waals surface area (Å²) in [4.78, 5) is 22.1. The molecule has 7 heteroatoms. The second-order valence-corrected chi connectivity index (χ2v) is 3.77. The Morgan fingerprint density at radius 3 is 2.63 bits per heavy atom. The van der Waals surface area contributed by atoms with E-state index in [-0.39, 0.29) is 11.4 Å². The van der Waals surface area contributed by atoms with Gasteiger partial charge < -0.3 is 16.2 Å². The minimum atomic E-state index is -1.12. The third kappa shape index (κ3) is 2.71. The first-order chi connectivity index (χ1) is 9.09. The number of carbonyl (C=O) groups excluding carboxylic acids is 1. The van der Waals surface area contributed by atoms with E-state index in [2.05, 4.69) is 10.4 Å². The lowest BCUT2D eigenvalue weighted by molar-refractivity contribution is -0.135. The van der Waals surface area contributed by atoms with E-state index >= 15 is 0 Å². The fourth-order valence-electron chi connectivity index (χ4n) is 1.56. The van der Waals surface area contributed by atoms with E-state index in [1.165, 1.54) is 10.9 Å². The highest BCUT2D eigenvalue weighted by molar-refractivity contribution is 5.99. The van der Waals surface area contributed by atoms with Crippen LogP contribution in [0.5, 0.6) is 0 Å². The van der Waals surface area contributed by atoms with Crippen LogP contribution in [-0.2, 0) is 4.79 Å². The number of hydrogen-bond acceptors (Lipinski definition) is 4. The maximum Gasteiger partial charge on any atom is 0.322 e. The van der Waals surface area contributed by atoms with Crippen molar-refractivity contribution >= 4 is 17.7 Å². The number of anilines is 1. The number of hydrogen-bond donors (Lipinski definition) is 3. The van der Waals surface area contributed by atoms with E-state index in [0.717, 1.165) is 5.69 Å². The van der Waals surface area contributed by atoms with Gasteiger partial charge in [0.15, 0.2) is 0 Å². The second kappa shape index (κ2) is 5.21. The Bertz CT molecular complexity index is 607. The standard InChI is InChI=1S/C12H12N4O3/c13-11-9(12(19)14-7-10(17)18)6-15-16(11)8-4-2-1-3-5-8/h1-6H,7,13H2,(H,14,19)(H,17,18). The van der Waals surface area contributed by atoms with Crippen molar-refractivity contribution in [1.82, 2.24) is 15.1 Å². The molecule has 0 fully saturated rings. The molecule has 2 rings (SSSR count). The minimum absolute atomic E-state index is 0.144. The summed E-state index contributed by atoms with van der Waals surface area (Å²) in [5.41, 5.74) is 6.70. The molecule has 0 spiro atoms. The Hall–Kier alpha value is -2.83. The molecule has 0 aliphatic heterocycles. The van der Waals surface area contributed by atoms with Gasteiger partial charge in [0, 0.05) is 0 Å². The fraction of sp³-hybridized carbons (Fsp3) is 0.0833. The molecule has 0 saturated heterocycles. The quantitative estimate of drug-likeness (QED) is 0.730. The van der Waals surface area contributed by atoms with Gasteiger partial charge in [-0.05, 0) is 12.1 Å². The van der Waals surface area contributed by atoms with Gasteiger partial charge in [-0.3, -0.25) is 9.59 Å². The van der Waals surface area contributed by atoms with Crippen LogP contribution in [0.3, 0.4) is 0 Å². The van der Waals surface area contributed by atoms with Crippen molar-refractivity contribution in [3.8, 4) is 5.69 Å². The van der Waals surface area contributed by atoms with Gasteiger partial charge in [0.1, 0.15) is 17.9 Å². The van der Waals surface area contributed by atoms with Crippen molar-refractivity contribution in [2.24, 2.45) is 0 Å². The van der Waals surface area contributed by atoms with Crippen LogP contribution in [0.1, 0.15) is 10.4 Å². The van der Waals surface area contributed by atoms with Gasteiger partial charge in [0.2, 0.25) is 0 Å². The molecule has 0 aliphatic rings. The second-order valence-electron chi connectivity index (χ2n) is 3.77.